The molecule has 2 aromatic rings. The second kappa shape index (κ2) is 5.20. The van der Waals surface area contributed by atoms with Crippen LogP contribution in [0.5, 0.6) is 0 Å². The molecule has 6 heteroatoms. The largest absolute Gasteiger partial charge is 0.395 e. The van der Waals surface area contributed by atoms with E-state index in [0.717, 1.165) is 30.3 Å². The first-order valence-electron chi connectivity index (χ1n) is 6.84. The average Bonchev–Trinajstić information content (AvgIpc) is 2.77. The Morgan fingerprint density at radius 3 is 3.00 bits per heavy atom. The Kier molecular flexibility index (Phi) is 3.40. The lowest BCUT2D eigenvalue weighted by molar-refractivity contribution is 0.0525. The maximum Gasteiger partial charge on any atom is 0.257 e. The molecule has 0 radical (unpaired) electrons. The maximum absolute atomic E-state index is 12.6. The van der Waals surface area contributed by atoms with Crippen LogP contribution >= 0.6 is 0 Å². The molecule has 0 unspecified atom stereocenters. The summed E-state index contributed by atoms with van der Waals surface area (Å²) in [6, 6.07) is 2.01. The lowest BCUT2D eigenvalue weighted by Crippen LogP contribution is -2.45. The van der Waals surface area contributed by atoms with Gasteiger partial charge in [0, 0.05) is 18.8 Å². The highest BCUT2D eigenvalue weighted by Gasteiger charge is 2.29. The van der Waals surface area contributed by atoms with Crippen LogP contribution in [-0.2, 0) is 0 Å². The molecular formula is C14H17N3O3. The molecule has 1 fully saturated rings. The highest BCUT2D eigenvalue weighted by molar-refractivity contribution is 5.97. The topological polar surface area (TPSA) is 79.5 Å². The first-order valence-corrected chi connectivity index (χ1v) is 6.84. The molecule has 0 bridgehead atoms. The van der Waals surface area contributed by atoms with Crippen molar-refractivity contribution in [3.05, 3.63) is 23.5 Å². The van der Waals surface area contributed by atoms with Crippen molar-refractivity contribution in [3.8, 4) is 0 Å². The van der Waals surface area contributed by atoms with E-state index in [4.69, 9.17) is 9.63 Å². The van der Waals surface area contributed by atoms with Gasteiger partial charge in [0.2, 0.25) is 0 Å². The first-order chi connectivity index (χ1) is 9.70. The number of fused-ring (bicyclic) bond motifs is 1. The number of aryl methyl sites for hydroxylation is 1. The van der Waals surface area contributed by atoms with Gasteiger partial charge in [-0.25, -0.2) is 4.98 Å². The van der Waals surface area contributed by atoms with Crippen LogP contribution in [0, 0.1) is 6.92 Å². The SMILES string of the molecule is Cc1noc2ncc(C(=O)N(CCO)C3CCC3)cc12. The van der Waals surface area contributed by atoms with Crippen molar-refractivity contribution in [1.29, 1.82) is 0 Å². The number of carbonyl (C=O) groups is 1. The van der Waals surface area contributed by atoms with E-state index in [1.54, 1.807) is 11.0 Å². The average molecular weight is 275 g/mol. The molecule has 0 saturated heterocycles. The lowest BCUT2D eigenvalue weighted by atomic mass is 9.91. The Hall–Kier alpha value is -1.95. The molecule has 1 aliphatic rings. The standard InChI is InChI=1S/C14H17N3O3/c1-9-12-7-10(8-15-13(12)20-16-9)14(19)17(5-6-18)11-3-2-4-11/h7-8,11,18H,2-6H2,1H3. The fourth-order valence-electron chi connectivity index (χ4n) is 2.48. The van der Waals surface area contributed by atoms with Crippen LogP contribution in [0.3, 0.4) is 0 Å². The molecule has 1 amide bonds. The van der Waals surface area contributed by atoms with Gasteiger partial charge in [0.1, 0.15) is 0 Å². The summed E-state index contributed by atoms with van der Waals surface area (Å²) < 4.78 is 5.05. The zero-order valence-corrected chi connectivity index (χ0v) is 11.4. The summed E-state index contributed by atoms with van der Waals surface area (Å²) in [6.45, 7) is 2.16. The Morgan fingerprint density at radius 1 is 1.55 bits per heavy atom. The van der Waals surface area contributed by atoms with Crippen LogP contribution in [-0.4, -0.2) is 45.2 Å². The summed E-state index contributed by atoms with van der Waals surface area (Å²) in [5.74, 6) is -0.0845. The van der Waals surface area contributed by atoms with E-state index >= 15 is 0 Å². The summed E-state index contributed by atoms with van der Waals surface area (Å²) in [5, 5.41) is 13.7. The number of rotatable bonds is 4. The highest BCUT2D eigenvalue weighted by atomic mass is 16.5. The minimum Gasteiger partial charge on any atom is -0.395 e. The normalized spacial score (nSPS) is 15.3. The number of hydrogen-bond donors (Lipinski definition) is 1. The second-order valence-electron chi connectivity index (χ2n) is 5.15. The van der Waals surface area contributed by atoms with Gasteiger partial charge < -0.3 is 14.5 Å². The third-order valence-corrected chi connectivity index (χ3v) is 3.87. The number of carbonyl (C=O) groups excluding carboxylic acids is 1. The van der Waals surface area contributed by atoms with Gasteiger partial charge >= 0.3 is 0 Å². The fourth-order valence-corrected chi connectivity index (χ4v) is 2.48. The monoisotopic (exact) mass is 275 g/mol. The van der Waals surface area contributed by atoms with Crippen molar-refractivity contribution >= 4 is 17.0 Å². The van der Waals surface area contributed by atoms with Gasteiger partial charge in [-0.05, 0) is 32.3 Å². The molecule has 0 aliphatic heterocycles. The number of aliphatic hydroxyl groups is 1. The minimum absolute atomic E-state index is 0.0236. The van der Waals surface area contributed by atoms with E-state index in [0.29, 0.717) is 17.8 Å². The van der Waals surface area contributed by atoms with Crippen LogP contribution in [0.15, 0.2) is 16.8 Å². The van der Waals surface area contributed by atoms with E-state index in [1.807, 2.05) is 6.92 Å². The van der Waals surface area contributed by atoms with Gasteiger partial charge in [0.05, 0.1) is 23.3 Å². The summed E-state index contributed by atoms with van der Waals surface area (Å²) in [4.78, 5) is 18.4. The Balaban J connectivity index is 1.91. The molecule has 106 valence electrons. The molecule has 1 aliphatic carbocycles. The van der Waals surface area contributed by atoms with Gasteiger partial charge in [-0.15, -0.1) is 0 Å². The minimum atomic E-state index is -0.0845. The summed E-state index contributed by atoms with van der Waals surface area (Å²) in [6.07, 6.45) is 4.67. The van der Waals surface area contributed by atoms with Crippen molar-refractivity contribution in [1.82, 2.24) is 15.0 Å². The third-order valence-electron chi connectivity index (χ3n) is 3.87. The predicted molar refractivity (Wildman–Crippen MR) is 72.3 cm³/mol. The summed E-state index contributed by atoms with van der Waals surface area (Å²) in [7, 11) is 0. The molecule has 20 heavy (non-hydrogen) atoms. The van der Waals surface area contributed by atoms with Crippen LogP contribution in [0.25, 0.3) is 11.1 Å². The van der Waals surface area contributed by atoms with E-state index in [2.05, 4.69) is 10.1 Å². The number of hydrogen-bond acceptors (Lipinski definition) is 5. The van der Waals surface area contributed by atoms with Gasteiger partial charge in [-0.1, -0.05) is 5.16 Å². The molecule has 0 spiro atoms. The van der Waals surface area contributed by atoms with Crippen LogP contribution in [0.4, 0.5) is 0 Å². The predicted octanol–water partition coefficient (Wildman–Crippen LogP) is 1.52. The molecule has 2 heterocycles. The first kappa shape index (κ1) is 13.1. The van der Waals surface area contributed by atoms with Crippen molar-refractivity contribution < 1.29 is 14.4 Å². The molecular weight excluding hydrogens is 258 g/mol. The Labute approximate surface area is 116 Å². The summed E-state index contributed by atoms with van der Waals surface area (Å²) >= 11 is 0. The zero-order valence-electron chi connectivity index (χ0n) is 11.4. The molecule has 1 N–H and O–H groups in total. The van der Waals surface area contributed by atoms with Gasteiger partial charge in [-0.2, -0.15) is 0 Å². The van der Waals surface area contributed by atoms with Gasteiger partial charge in [0.15, 0.2) is 0 Å². The van der Waals surface area contributed by atoms with E-state index in [1.165, 1.54) is 6.20 Å². The smallest absolute Gasteiger partial charge is 0.257 e. The molecule has 0 atom stereocenters. The lowest BCUT2D eigenvalue weighted by Gasteiger charge is -2.37. The van der Waals surface area contributed by atoms with E-state index in [9.17, 15) is 4.79 Å². The molecule has 2 aromatic heterocycles. The number of nitrogens with zero attached hydrogens (tertiary/aromatic N) is 3. The van der Waals surface area contributed by atoms with Crippen LogP contribution in [0.1, 0.15) is 35.3 Å². The van der Waals surface area contributed by atoms with Crippen LogP contribution < -0.4 is 0 Å². The fraction of sp³-hybridized carbons (Fsp3) is 0.500. The Bertz CT molecular complexity index is 634. The maximum atomic E-state index is 12.6. The quantitative estimate of drug-likeness (QED) is 0.915. The molecule has 6 nitrogen and oxygen atoms in total. The van der Waals surface area contributed by atoms with Crippen molar-refractivity contribution in [2.24, 2.45) is 0 Å². The van der Waals surface area contributed by atoms with Crippen LogP contribution in [0.2, 0.25) is 0 Å². The van der Waals surface area contributed by atoms with Gasteiger partial charge in [0.25, 0.3) is 11.6 Å². The molecule has 1 saturated carbocycles. The third kappa shape index (κ3) is 2.16. The summed E-state index contributed by atoms with van der Waals surface area (Å²) in [5.41, 5.74) is 1.68. The molecule has 3 rings (SSSR count). The number of pyridine rings is 1. The number of aromatic nitrogens is 2. The van der Waals surface area contributed by atoms with Crippen molar-refractivity contribution in [3.63, 3.8) is 0 Å². The van der Waals surface area contributed by atoms with Gasteiger partial charge in [-0.3, -0.25) is 4.79 Å². The van der Waals surface area contributed by atoms with E-state index < -0.39 is 0 Å². The Morgan fingerprint density at radius 2 is 2.35 bits per heavy atom. The highest BCUT2D eigenvalue weighted by Crippen LogP contribution is 2.26. The van der Waals surface area contributed by atoms with Crippen molar-refractivity contribution in [2.75, 3.05) is 13.2 Å². The molecule has 0 aromatic carbocycles. The second-order valence-corrected chi connectivity index (χ2v) is 5.15. The number of amides is 1. The zero-order chi connectivity index (χ0) is 14.1. The van der Waals surface area contributed by atoms with Crippen molar-refractivity contribution in [2.45, 2.75) is 32.2 Å². The van der Waals surface area contributed by atoms with E-state index in [-0.39, 0.29) is 18.6 Å². The number of aliphatic hydroxyl groups excluding tert-OH is 1.